The van der Waals surface area contributed by atoms with E-state index >= 15 is 0 Å². The van der Waals surface area contributed by atoms with Crippen LogP contribution in [-0.4, -0.2) is 68.0 Å². The molecule has 1 aliphatic heterocycles. The number of phenolic OH excluding ortho intramolecular Hbond substituents is 2. The van der Waals surface area contributed by atoms with Gasteiger partial charge in [-0.3, -0.25) is 0 Å². The van der Waals surface area contributed by atoms with Crippen molar-refractivity contribution >= 4 is 0 Å². The molecule has 1 saturated heterocycles. The zero-order valence-electron chi connectivity index (χ0n) is 10.3. The van der Waals surface area contributed by atoms with E-state index in [9.17, 15) is 30.6 Å². The van der Waals surface area contributed by atoms with Crippen LogP contribution >= 0.6 is 0 Å². The van der Waals surface area contributed by atoms with Gasteiger partial charge in [-0.1, -0.05) is 0 Å². The van der Waals surface area contributed by atoms with Gasteiger partial charge >= 0.3 is 0 Å². The summed E-state index contributed by atoms with van der Waals surface area (Å²) in [6.07, 6.45) is -7.42. The first-order chi connectivity index (χ1) is 9.40. The van der Waals surface area contributed by atoms with Gasteiger partial charge in [-0.25, -0.2) is 0 Å². The third-order valence-corrected chi connectivity index (χ3v) is 3.03. The van der Waals surface area contributed by atoms with Crippen molar-refractivity contribution in [1.29, 1.82) is 0 Å². The van der Waals surface area contributed by atoms with Crippen molar-refractivity contribution in [3.8, 4) is 17.2 Å². The van der Waals surface area contributed by atoms with Gasteiger partial charge < -0.3 is 40.1 Å². The number of phenols is 2. The van der Waals surface area contributed by atoms with E-state index in [2.05, 4.69) is 0 Å². The normalized spacial score (nSPS) is 33.9. The molecule has 20 heavy (non-hydrogen) atoms. The van der Waals surface area contributed by atoms with E-state index in [1.807, 2.05) is 0 Å². The standard InChI is InChI=1S/C12H16O8/c13-5-1-2-6(14)7(3-5)19-4-8-9(15)10(16)11(17)12(18)20-8/h1-3,8-18H,4H2/t8-,9-,10+,11-,12+/m1/s1. The molecule has 0 aromatic heterocycles. The summed E-state index contributed by atoms with van der Waals surface area (Å²) >= 11 is 0. The number of aromatic hydroxyl groups is 2. The molecule has 0 aliphatic carbocycles. The molecule has 8 nitrogen and oxygen atoms in total. The van der Waals surface area contributed by atoms with Gasteiger partial charge in [0.15, 0.2) is 17.8 Å². The van der Waals surface area contributed by atoms with Crippen LogP contribution in [0.15, 0.2) is 18.2 Å². The lowest BCUT2D eigenvalue weighted by molar-refractivity contribution is -0.285. The molecule has 5 atom stereocenters. The molecule has 8 heteroatoms. The molecule has 0 saturated carbocycles. The maximum absolute atomic E-state index is 9.69. The molecule has 0 unspecified atom stereocenters. The highest BCUT2D eigenvalue weighted by Crippen LogP contribution is 2.30. The Morgan fingerprint density at radius 3 is 2.40 bits per heavy atom. The van der Waals surface area contributed by atoms with Crippen LogP contribution in [0.4, 0.5) is 0 Å². The predicted octanol–water partition coefficient (Wildman–Crippen LogP) is -1.72. The fraction of sp³-hybridized carbons (Fsp3) is 0.500. The molecule has 1 fully saturated rings. The van der Waals surface area contributed by atoms with Crippen molar-refractivity contribution < 1.29 is 40.1 Å². The fourth-order valence-electron chi connectivity index (χ4n) is 1.86. The lowest BCUT2D eigenvalue weighted by atomic mass is 9.99. The van der Waals surface area contributed by atoms with Gasteiger partial charge in [0.2, 0.25) is 0 Å². The van der Waals surface area contributed by atoms with Crippen molar-refractivity contribution in [1.82, 2.24) is 0 Å². The minimum absolute atomic E-state index is 0.0455. The lowest BCUT2D eigenvalue weighted by Gasteiger charge is -2.38. The quantitative estimate of drug-likeness (QED) is 0.361. The third-order valence-electron chi connectivity index (χ3n) is 3.03. The average molecular weight is 288 g/mol. The summed E-state index contributed by atoms with van der Waals surface area (Å²) in [5.74, 6) is -0.400. The van der Waals surface area contributed by atoms with Gasteiger partial charge in [0.25, 0.3) is 0 Å². The summed E-state index contributed by atoms with van der Waals surface area (Å²) in [7, 11) is 0. The monoisotopic (exact) mass is 288 g/mol. The molecule has 1 aromatic carbocycles. The Bertz CT molecular complexity index is 465. The summed E-state index contributed by atoms with van der Waals surface area (Å²) in [5, 5.41) is 56.6. The van der Waals surface area contributed by atoms with Crippen LogP contribution in [0.2, 0.25) is 0 Å². The van der Waals surface area contributed by atoms with Crippen LogP contribution in [0, 0.1) is 0 Å². The fourth-order valence-corrected chi connectivity index (χ4v) is 1.86. The zero-order chi connectivity index (χ0) is 14.9. The van der Waals surface area contributed by atoms with Crippen molar-refractivity contribution in [2.75, 3.05) is 6.61 Å². The molecule has 0 amide bonds. The molecule has 6 N–H and O–H groups in total. The van der Waals surface area contributed by atoms with Gasteiger partial charge in [-0.05, 0) is 12.1 Å². The maximum Gasteiger partial charge on any atom is 0.184 e. The van der Waals surface area contributed by atoms with Crippen molar-refractivity contribution in [2.45, 2.75) is 30.7 Å². The Hall–Kier alpha value is -1.58. The highest BCUT2D eigenvalue weighted by Gasteiger charge is 2.43. The largest absolute Gasteiger partial charge is 0.508 e. The smallest absolute Gasteiger partial charge is 0.184 e. The van der Waals surface area contributed by atoms with E-state index in [1.54, 1.807) is 0 Å². The van der Waals surface area contributed by atoms with Gasteiger partial charge in [0.05, 0.1) is 0 Å². The third kappa shape index (κ3) is 2.94. The maximum atomic E-state index is 9.69. The van der Waals surface area contributed by atoms with Crippen LogP contribution in [0.25, 0.3) is 0 Å². The second-order valence-corrected chi connectivity index (χ2v) is 4.50. The number of aliphatic hydroxyl groups excluding tert-OH is 4. The van der Waals surface area contributed by atoms with Crippen LogP contribution in [-0.2, 0) is 4.74 Å². The summed E-state index contributed by atoms with van der Waals surface area (Å²) in [6, 6.07) is 3.64. The van der Waals surface area contributed by atoms with Crippen molar-refractivity contribution in [3.05, 3.63) is 18.2 Å². The molecular formula is C12H16O8. The minimum atomic E-state index is -1.65. The van der Waals surface area contributed by atoms with E-state index in [1.165, 1.54) is 12.1 Å². The highest BCUT2D eigenvalue weighted by atomic mass is 16.6. The van der Waals surface area contributed by atoms with E-state index in [0.29, 0.717) is 0 Å². The SMILES string of the molecule is Oc1ccc(O)c(OC[C@H]2O[C@H](O)[C@H](O)[C@@H](O)[C@@H]2O)c1. The van der Waals surface area contributed by atoms with E-state index < -0.39 is 30.7 Å². The molecule has 2 rings (SSSR count). The topological polar surface area (TPSA) is 140 Å². The van der Waals surface area contributed by atoms with Crippen LogP contribution in [0.5, 0.6) is 17.2 Å². The Morgan fingerprint density at radius 2 is 1.70 bits per heavy atom. The van der Waals surface area contributed by atoms with Gasteiger partial charge in [0.1, 0.15) is 36.8 Å². The highest BCUT2D eigenvalue weighted by molar-refractivity contribution is 5.43. The Morgan fingerprint density at radius 1 is 1.00 bits per heavy atom. The van der Waals surface area contributed by atoms with E-state index in [4.69, 9.17) is 9.47 Å². The molecule has 112 valence electrons. The molecule has 1 aliphatic rings. The minimum Gasteiger partial charge on any atom is -0.508 e. The van der Waals surface area contributed by atoms with E-state index in [-0.39, 0.29) is 23.9 Å². The average Bonchev–Trinajstić information content (AvgIpc) is 2.42. The Kier molecular flexibility index (Phi) is 4.31. The van der Waals surface area contributed by atoms with Crippen molar-refractivity contribution in [2.24, 2.45) is 0 Å². The second-order valence-electron chi connectivity index (χ2n) is 4.50. The predicted molar refractivity (Wildman–Crippen MR) is 64.2 cm³/mol. The Balaban J connectivity index is 2.01. The summed E-state index contributed by atoms with van der Waals surface area (Å²) in [6.45, 7) is -0.307. The number of benzene rings is 1. The lowest BCUT2D eigenvalue weighted by Crippen LogP contribution is -2.58. The van der Waals surface area contributed by atoms with E-state index in [0.717, 1.165) is 6.07 Å². The number of hydrogen-bond acceptors (Lipinski definition) is 8. The molecule has 0 spiro atoms. The summed E-state index contributed by atoms with van der Waals surface area (Å²) < 4.78 is 10.1. The van der Waals surface area contributed by atoms with Gasteiger partial charge in [-0.15, -0.1) is 0 Å². The number of aliphatic hydroxyl groups is 4. The second kappa shape index (κ2) is 5.81. The summed E-state index contributed by atoms with van der Waals surface area (Å²) in [4.78, 5) is 0. The van der Waals surface area contributed by atoms with Crippen LogP contribution in [0.1, 0.15) is 0 Å². The first kappa shape index (κ1) is 14.8. The first-order valence-corrected chi connectivity index (χ1v) is 5.92. The molecule has 1 aromatic rings. The zero-order valence-corrected chi connectivity index (χ0v) is 10.3. The number of rotatable bonds is 3. The summed E-state index contributed by atoms with van der Waals surface area (Å²) in [5.41, 5.74) is 0. The van der Waals surface area contributed by atoms with Crippen molar-refractivity contribution in [3.63, 3.8) is 0 Å². The molecule has 0 bridgehead atoms. The first-order valence-electron chi connectivity index (χ1n) is 5.92. The van der Waals surface area contributed by atoms with Gasteiger partial charge in [-0.2, -0.15) is 0 Å². The van der Waals surface area contributed by atoms with Crippen LogP contribution in [0.3, 0.4) is 0 Å². The molecule has 0 radical (unpaired) electrons. The Labute approximate surface area is 114 Å². The van der Waals surface area contributed by atoms with Gasteiger partial charge in [0, 0.05) is 6.07 Å². The molecular weight excluding hydrogens is 272 g/mol. The number of ether oxygens (including phenoxy) is 2. The van der Waals surface area contributed by atoms with Crippen LogP contribution < -0.4 is 4.74 Å². The molecule has 1 heterocycles. The number of hydrogen-bond donors (Lipinski definition) is 6.